The van der Waals surface area contributed by atoms with Gasteiger partial charge in [0.15, 0.2) is 5.78 Å². The Bertz CT molecular complexity index is 1050. The molecular weight excluding hydrogens is 361 g/mol. The van der Waals surface area contributed by atoms with Gasteiger partial charge in [-0.3, -0.25) is 4.79 Å². The molecule has 0 spiro atoms. The van der Waals surface area contributed by atoms with Crippen molar-refractivity contribution >= 4 is 11.6 Å². The van der Waals surface area contributed by atoms with Gasteiger partial charge in [0.2, 0.25) is 0 Å². The fraction of sp³-hybridized carbons (Fsp3) is 0.250. The van der Waals surface area contributed by atoms with Crippen LogP contribution >= 0.6 is 0 Å². The number of halogens is 1. The van der Waals surface area contributed by atoms with Crippen molar-refractivity contribution in [1.29, 1.82) is 0 Å². The minimum atomic E-state index is -1.67. The minimum absolute atomic E-state index is 0.0152. The molecular formula is C20H18FN5O2. The van der Waals surface area contributed by atoms with Gasteiger partial charge in [0, 0.05) is 17.5 Å². The van der Waals surface area contributed by atoms with Crippen LogP contribution in [0.2, 0.25) is 0 Å². The van der Waals surface area contributed by atoms with Crippen LogP contribution in [0.15, 0.2) is 42.7 Å². The van der Waals surface area contributed by atoms with Gasteiger partial charge in [-0.1, -0.05) is 17.9 Å². The number of rotatable bonds is 6. The number of aryl methyl sites for hydroxylation is 1. The summed E-state index contributed by atoms with van der Waals surface area (Å²) in [7, 11) is 0. The summed E-state index contributed by atoms with van der Waals surface area (Å²) >= 11 is 0. The van der Waals surface area contributed by atoms with Crippen molar-refractivity contribution in [3.8, 4) is 11.3 Å². The molecule has 2 aromatic heterocycles. The van der Waals surface area contributed by atoms with Crippen LogP contribution in [0.4, 0.5) is 10.2 Å². The highest BCUT2D eigenvalue weighted by molar-refractivity contribution is 5.88. The molecule has 0 aliphatic rings. The lowest BCUT2D eigenvalue weighted by Gasteiger charge is -2.21. The normalized spacial score (nSPS) is 13.0. The second-order valence-corrected chi connectivity index (χ2v) is 6.78. The van der Waals surface area contributed by atoms with E-state index in [4.69, 9.17) is 6.57 Å². The first-order chi connectivity index (χ1) is 13.3. The van der Waals surface area contributed by atoms with Crippen LogP contribution in [0.25, 0.3) is 16.1 Å². The number of benzene rings is 1. The molecule has 8 heteroatoms. The van der Waals surface area contributed by atoms with Crippen molar-refractivity contribution in [3.63, 3.8) is 0 Å². The first-order valence-corrected chi connectivity index (χ1v) is 8.53. The number of carbonyl (C=O) groups excluding carboxylic acids is 1. The van der Waals surface area contributed by atoms with Crippen molar-refractivity contribution in [3.05, 3.63) is 71.1 Å². The van der Waals surface area contributed by atoms with Crippen LogP contribution in [0, 0.1) is 19.3 Å². The molecule has 142 valence electrons. The molecule has 0 amide bonds. The van der Waals surface area contributed by atoms with E-state index in [0.29, 0.717) is 28.2 Å². The largest absolute Gasteiger partial charge is 0.380 e. The maximum Gasteiger partial charge on any atom is 0.272 e. The molecule has 7 nitrogen and oxygen atoms in total. The highest BCUT2D eigenvalue weighted by atomic mass is 19.1. The number of Topliss-reactive ketones (excluding diaryl/α,β-unsaturated/α-hetero) is 1. The molecule has 1 N–H and O–H groups in total. The van der Waals surface area contributed by atoms with E-state index in [1.54, 1.807) is 31.3 Å². The van der Waals surface area contributed by atoms with E-state index in [1.807, 2.05) is 0 Å². The van der Waals surface area contributed by atoms with Gasteiger partial charge in [0.25, 0.3) is 5.82 Å². The number of hydrogen-bond donors (Lipinski definition) is 1. The predicted molar refractivity (Wildman–Crippen MR) is 100.0 cm³/mol. The quantitative estimate of drug-likeness (QED) is 0.666. The Morgan fingerprint density at radius 3 is 2.71 bits per heavy atom. The van der Waals surface area contributed by atoms with Crippen LogP contribution in [-0.4, -0.2) is 36.5 Å². The molecule has 0 aliphatic carbocycles. The summed E-state index contributed by atoms with van der Waals surface area (Å²) in [6.45, 7) is 10.1. The van der Waals surface area contributed by atoms with Crippen LogP contribution in [0.3, 0.4) is 0 Å². The molecule has 0 fully saturated rings. The summed E-state index contributed by atoms with van der Waals surface area (Å²) < 4.78 is 14.4. The van der Waals surface area contributed by atoms with E-state index in [-0.39, 0.29) is 18.8 Å². The lowest BCUT2D eigenvalue weighted by Crippen LogP contribution is -2.41. The van der Waals surface area contributed by atoms with Gasteiger partial charge in [-0.15, -0.1) is 10.1 Å². The minimum Gasteiger partial charge on any atom is -0.380 e. The van der Waals surface area contributed by atoms with Crippen LogP contribution < -0.4 is 0 Å². The van der Waals surface area contributed by atoms with E-state index in [9.17, 15) is 14.3 Å². The smallest absolute Gasteiger partial charge is 0.272 e. The molecule has 0 saturated heterocycles. The van der Waals surface area contributed by atoms with Crippen LogP contribution in [0.1, 0.15) is 18.1 Å². The molecule has 0 unspecified atom stereocenters. The molecule has 2 heterocycles. The second-order valence-electron chi connectivity index (χ2n) is 6.78. The Balaban J connectivity index is 1.71. The molecule has 3 rings (SSSR count). The molecule has 1 atom stereocenters. The summed E-state index contributed by atoms with van der Waals surface area (Å²) in [5, 5.41) is 18.6. The summed E-state index contributed by atoms with van der Waals surface area (Å²) in [4.78, 5) is 19.9. The third kappa shape index (κ3) is 4.27. The van der Waals surface area contributed by atoms with Crippen molar-refractivity contribution < 1.29 is 14.3 Å². The van der Waals surface area contributed by atoms with Gasteiger partial charge in [0.05, 0.1) is 12.7 Å². The van der Waals surface area contributed by atoms with Gasteiger partial charge >= 0.3 is 0 Å². The highest BCUT2D eigenvalue weighted by Crippen LogP contribution is 2.20. The fourth-order valence-electron chi connectivity index (χ4n) is 2.75. The van der Waals surface area contributed by atoms with E-state index < -0.39 is 11.4 Å². The molecule has 0 bridgehead atoms. The topological polar surface area (TPSA) is 85.3 Å². The Hall–Kier alpha value is -3.44. The molecule has 0 saturated carbocycles. The average molecular weight is 379 g/mol. The summed E-state index contributed by atoms with van der Waals surface area (Å²) in [5.74, 6) is -0.458. The van der Waals surface area contributed by atoms with Crippen LogP contribution in [0.5, 0.6) is 0 Å². The van der Waals surface area contributed by atoms with Gasteiger partial charge in [0.1, 0.15) is 23.3 Å². The monoisotopic (exact) mass is 379 g/mol. The van der Waals surface area contributed by atoms with Crippen molar-refractivity contribution in [2.24, 2.45) is 0 Å². The summed E-state index contributed by atoms with van der Waals surface area (Å²) in [5.41, 5.74) is 0.832. The zero-order chi connectivity index (χ0) is 20.3. The third-order valence-corrected chi connectivity index (χ3v) is 4.33. The Morgan fingerprint density at radius 2 is 2.07 bits per heavy atom. The Labute approximate surface area is 161 Å². The Morgan fingerprint density at radius 1 is 1.36 bits per heavy atom. The summed E-state index contributed by atoms with van der Waals surface area (Å²) in [6.07, 6.45) is 3.04. The van der Waals surface area contributed by atoms with E-state index in [0.717, 1.165) is 0 Å². The first-order valence-electron chi connectivity index (χ1n) is 8.53. The molecule has 0 radical (unpaired) electrons. The van der Waals surface area contributed by atoms with Crippen molar-refractivity contribution in [2.75, 3.05) is 0 Å². The maximum absolute atomic E-state index is 13.0. The lowest BCUT2D eigenvalue weighted by atomic mass is 9.95. The molecule has 28 heavy (non-hydrogen) atoms. The Kier molecular flexibility index (Phi) is 5.29. The van der Waals surface area contributed by atoms with Crippen molar-refractivity contribution in [2.45, 2.75) is 32.4 Å². The fourth-order valence-corrected chi connectivity index (χ4v) is 2.75. The third-order valence-electron chi connectivity index (χ3n) is 4.33. The van der Waals surface area contributed by atoms with Crippen LogP contribution in [-0.2, 0) is 17.8 Å². The lowest BCUT2D eigenvalue weighted by molar-refractivity contribution is -0.136. The van der Waals surface area contributed by atoms with E-state index in [1.165, 1.54) is 29.9 Å². The van der Waals surface area contributed by atoms with E-state index >= 15 is 0 Å². The first kappa shape index (κ1) is 19.3. The molecule has 3 aromatic rings. The average Bonchev–Trinajstić information content (AvgIpc) is 3.10. The number of aromatic nitrogens is 4. The number of pyridine rings is 1. The predicted octanol–water partition coefficient (Wildman–Crippen LogP) is 2.90. The summed E-state index contributed by atoms with van der Waals surface area (Å²) in [6, 6.07) is 7.52. The number of ketones is 1. The number of aliphatic hydroxyl groups is 1. The van der Waals surface area contributed by atoms with Gasteiger partial charge in [-0.05, 0) is 43.7 Å². The number of nitrogens with zero attached hydrogens (tertiary/aromatic N) is 5. The zero-order valence-electron chi connectivity index (χ0n) is 15.4. The van der Waals surface area contributed by atoms with Gasteiger partial charge < -0.3 is 9.95 Å². The zero-order valence-corrected chi connectivity index (χ0v) is 15.4. The highest BCUT2D eigenvalue weighted by Gasteiger charge is 2.31. The second kappa shape index (κ2) is 7.66. The number of carbonyl (C=O) groups is 1. The number of hydrogen-bond acceptors (Lipinski definition) is 5. The SMILES string of the molecule is [C-]#[N+]c1ncc(CC(=O)[C@@](C)(O)Cn2cc(-c3ccc(F)cc3)nn2)cc1C. The van der Waals surface area contributed by atoms with Gasteiger partial charge in [-0.25, -0.2) is 9.07 Å². The van der Waals surface area contributed by atoms with Gasteiger partial charge in [-0.2, -0.15) is 0 Å². The molecule has 1 aromatic carbocycles. The van der Waals surface area contributed by atoms with E-state index in [2.05, 4.69) is 20.1 Å². The standard InChI is InChI=1S/C20H18FN5O2/c1-13-8-14(10-23-19(13)22-3)9-18(27)20(2,28)12-26-11-17(24-25-26)15-4-6-16(21)7-5-15/h4-8,10-11,28H,9,12H2,1-2H3/t20-/m0/s1. The molecule has 0 aliphatic heterocycles. The van der Waals surface area contributed by atoms with Crippen molar-refractivity contribution in [1.82, 2.24) is 20.0 Å². The maximum atomic E-state index is 13.0.